The van der Waals surface area contributed by atoms with Gasteiger partial charge in [-0.1, -0.05) is 13.3 Å². The van der Waals surface area contributed by atoms with E-state index in [2.05, 4.69) is 17.2 Å². The number of hydrogen-bond donors (Lipinski definition) is 2. The van der Waals surface area contributed by atoms with Crippen molar-refractivity contribution < 1.29 is 0 Å². The van der Waals surface area contributed by atoms with Crippen molar-refractivity contribution in [2.75, 3.05) is 17.6 Å². The molecule has 0 bridgehead atoms. The van der Waals surface area contributed by atoms with Gasteiger partial charge in [-0.3, -0.25) is 0 Å². The molecule has 0 unspecified atom stereocenters. The highest BCUT2D eigenvalue weighted by atomic mass is 32.1. The number of nitrogen functional groups attached to an aromatic ring is 1. The molecule has 4 heteroatoms. The van der Waals surface area contributed by atoms with Crippen LogP contribution in [0.2, 0.25) is 0 Å². The third-order valence-corrected chi connectivity index (χ3v) is 2.15. The molecule has 0 saturated carbocycles. The molecule has 0 atom stereocenters. The zero-order valence-electron chi connectivity index (χ0n) is 6.63. The molecule has 0 aliphatic rings. The van der Waals surface area contributed by atoms with Gasteiger partial charge >= 0.3 is 0 Å². The van der Waals surface area contributed by atoms with Crippen molar-refractivity contribution in [3.8, 4) is 0 Å². The number of nitrogens with two attached hydrogens (primary N) is 1. The maximum atomic E-state index is 5.44. The van der Waals surface area contributed by atoms with Crippen LogP contribution in [0.25, 0.3) is 0 Å². The molecule has 0 aliphatic carbocycles. The summed E-state index contributed by atoms with van der Waals surface area (Å²) in [6.45, 7) is 3.15. The fourth-order valence-corrected chi connectivity index (χ4v) is 1.37. The minimum absolute atomic E-state index is 0.606. The highest BCUT2D eigenvalue weighted by Gasteiger charge is 1.95. The van der Waals surface area contributed by atoms with Gasteiger partial charge in [-0.05, 0) is 6.42 Å². The van der Waals surface area contributed by atoms with E-state index in [1.165, 1.54) is 12.8 Å². The first-order valence-electron chi connectivity index (χ1n) is 3.78. The highest BCUT2D eigenvalue weighted by Crippen LogP contribution is 2.15. The first-order valence-corrected chi connectivity index (χ1v) is 4.65. The van der Waals surface area contributed by atoms with Crippen LogP contribution in [0, 0.1) is 0 Å². The van der Waals surface area contributed by atoms with Gasteiger partial charge in [-0.25, -0.2) is 4.98 Å². The summed E-state index contributed by atoms with van der Waals surface area (Å²) in [5.74, 6) is 0.606. The number of anilines is 2. The van der Waals surface area contributed by atoms with E-state index < -0.39 is 0 Å². The summed E-state index contributed by atoms with van der Waals surface area (Å²) in [5, 5.41) is 5.96. The molecule has 0 fully saturated rings. The molecule has 0 aromatic carbocycles. The highest BCUT2D eigenvalue weighted by molar-refractivity contribution is 7.14. The van der Waals surface area contributed by atoms with Gasteiger partial charge in [0.15, 0.2) is 5.13 Å². The summed E-state index contributed by atoms with van der Waals surface area (Å²) < 4.78 is 0. The zero-order valence-corrected chi connectivity index (χ0v) is 7.45. The quantitative estimate of drug-likeness (QED) is 0.681. The Morgan fingerprint density at radius 3 is 3.09 bits per heavy atom. The van der Waals surface area contributed by atoms with Gasteiger partial charge < -0.3 is 11.1 Å². The van der Waals surface area contributed by atoms with Gasteiger partial charge in [0.1, 0.15) is 5.82 Å². The molecule has 0 amide bonds. The number of nitrogens with one attached hydrogen (secondary N) is 1. The van der Waals surface area contributed by atoms with E-state index in [1.54, 1.807) is 11.3 Å². The predicted octanol–water partition coefficient (Wildman–Crippen LogP) is 1.94. The Kier molecular flexibility index (Phi) is 3.16. The molecule has 0 spiro atoms. The van der Waals surface area contributed by atoms with Gasteiger partial charge in [0.25, 0.3) is 0 Å². The SMILES string of the molecule is CCCCNc1nc(N)cs1. The van der Waals surface area contributed by atoms with E-state index in [9.17, 15) is 0 Å². The molecule has 11 heavy (non-hydrogen) atoms. The monoisotopic (exact) mass is 171 g/mol. The van der Waals surface area contributed by atoms with Gasteiger partial charge in [0.2, 0.25) is 0 Å². The van der Waals surface area contributed by atoms with Crippen molar-refractivity contribution in [3.63, 3.8) is 0 Å². The lowest BCUT2D eigenvalue weighted by atomic mass is 10.3. The number of aromatic nitrogens is 1. The van der Waals surface area contributed by atoms with Crippen molar-refractivity contribution in [1.29, 1.82) is 0 Å². The maximum Gasteiger partial charge on any atom is 0.184 e. The fraction of sp³-hybridized carbons (Fsp3) is 0.571. The summed E-state index contributed by atoms with van der Waals surface area (Å²) in [6, 6.07) is 0. The summed E-state index contributed by atoms with van der Waals surface area (Å²) in [7, 11) is 0. The Labute approximate surface area is 70.6 Å². The lowest BCUT2D eigenvalue weighted by molar-refractivity contribution is 0.833. The molecule has 0 radical (unpaired) electrons. The van der Waals surface area contributed by atoms with Gasteiger partial charge in [0.05, 0.1) is 0 Å². The van der Waals surface area contributed by atoms with Crippen LogP contribution in [-0.2, 0) is 0 Å². The van der Waals surface area contributed by atoms with Crippen LogP contribution in [0.1, 0.15) is 19.8 Å². The van der Waals surface area contributed by atoms with Crippen LogP contribution < -0.4 is 11.1 Å². The van der Waals surface area contributed by atoms with E-state index in [-0.39, 0.29) is 0 Å². The van der Waals surface area contributed by atoms with Crippen LogP contribution in [-0.4, -0.2) is 11.5 Å². The maximum absolute atomic E-state index is 5.44. The van der Waals surface area contributed by atoms with Crippen LogP contribution in [0.15, 0.2) is 5.38 Å². The van der Waals surface area contributed by atoms with Crippen molar-refractivity contribution >= 4 is 22.3 Å². The van der Waals surface area contributed by atoms with Crippen molar-refractivity contribution in [2.45, 2.75) is 19.8 Å². The summed E-state index contributed by atoms with van der Waals surface area (Å²) in [4.78, 5) is 4.07. The normalized spacial score (nSPS) is 9.91. The summed E-state index contributed by atoms with van der Waals surface area (Å²) in [6.07, 6.45) is 2.38. The standard InChI is InChI=1S/C7H13N3S/c1-2-3-4-9-7-10-6(8)5-11-7/h5H,2-4,8H2,1H3,(H,9,10). The molecule has 1 aromatic rings. The molecular formula is C7H13N3S. The average molecular weight is 171 g/mol. The van der Waals surface area contributed by atoms with Crippen molar-refractivity contribution in [2.24, 2.45) is 0 Å². The molecule has 1 aromatic heterocycles. The van der Waals surface area contributed by atoms with Crippen LogP contribution in [0.5, 0.6) is 0 Å². The van der Waals surface area contributed by atoms with Gasteiger partial charge in [0, 0.05) is 11.9 Å². The Bertz CT molecular complexity index is 209. The number of unbranched alkanes of at least 4 members (excludes halogenated alkanes) is 1. The summed E-state index contributed by atoms with van der Waals surface area (Å²) in [5.41, 5.74) is 5.44. The predicted molar refractivity (Wildman–Crippen MR) is 49.9 cm³/mol. The fourth-order valence-electron chi connectivity index (χ4n) is 0.739. The Morgan fingerprint density at radius 1 is 1.73 bits per heavy atom. The van der Waals surface area contributed by atoms with E-state index in [1.807, 2.05) is 5.38 Å². The minimum Gasteiger partial charge on any atom is -0.383 e. The molecule has 62 valence electrons. The second-order valence-electron chi connectivity index (χ2n) is 2.36. The molecular weight excluding hydrogens is 158 g/mol. The van der Waals surface area contributed by atoms with Gasteiger partial charge in [-0.15, -0.1) is 11.3 Å². The lowest BCUT2D eigenvalue weighted by Crippen LogP contribution is -2.00. The van der Waals surface area contributed by atoms with Gasteiger partial charge in [-0.2, -0.15) is 0 Å². The Hall–Kier alpha value is -0.770. The third-order valence-electron chi connectivity index (χ3n) is 1.33. The summed E-state index contributed by atoms with van der Waals surface area (Å²) >= 11 is 1.55. The lowest BCUT2D eigenvalue weighted by Gasteiger charge is -1.98. The van der Waals surface area contributed by atoms with E-state index in [0.29, 0.717) is 5.82 Å². The molecule has 1 heterocycles. The Morgan fingerprint density at radius 2 is 2.55 bits per heavy atom. The van der Waals surface area contributed by atoms with Crippen molar-refractivity contribution in [3.05, 3.63) is 5.38 Å². The second kappa shape index (κ2) is 4.18. The van der Waals surface area contributed by atoms with Crippen LogP contribution in [0.4, 0.5) is 10.9 Å². The molecule has 0 aliphatic heterocycles. The van der Waals surface area contributed by atoms with E-state index in [0.717, 1.165) is 11.7 Å². The number of hydrogen-bond acceptors (Lipinski definition) is 4. The van der Waals surface area contributed by atoms with Crippen molar-refractivity contribution in [1.82, 2.24) is 4.98 Å². The van der Waals surface area contributed by atoms with Crippen LogP contribution >= 0.6 is 11.3 Å². The number of rotatable bonds is 4. The number of thiazole rings is 1. The molecule has 3 nitrogen and oxygen atoms in total. The largest absolute Gasteiger partial charge is 0.383 e. The number of nitrogens with zero attached hydrogens (tertiary/aromatic N) is 1. The zero-order chi connectivity index (χ0) is 8.10. The minimum atomic E-state index is 0.606. The van der Waals surface area contributed by atoms with E-state index >= 15 is 0 Å². The average Bonchev–Trinajstić information content (AvgIpc) is 2.37. The molecule has 0 saturated heterocycles. The Balaban J connectivity index is 2.27. The first kappa shape index (κ1) is 8.33. The topological polar surface area (TPSA) is 50.9 Å². The smallest absolute Gasteiger partial charge is 0.184 e. The third kappa shape index (κ3) is 2.76. The second-order valence-corrected chi connectivity index (χ2v) is 3.22. The molecule has 1 rings (SSSR count). The molecule has 3 N–H and O–H groups in total. The van der Waals surface area contributed by atoms with Crippen LogP contribution in [0.3, 0.4) is 0 Å². The van der Waals surface area contributed by atoms with E-state index in [4.69, 9.17) is 5.73 Å². The first-order chi connectivity index (χ1) is 5.33.